The van der Waals surface area contributed by atoms with Gasteiger partial charge < -0.3 is 15.0 Å². The predicted octanol–water partition coefficient (Wildman–Crippen LogP) is 1.36. The number of aryl methyl sites for hydroxylation is 1. The largest absolute Gasteiger partial charge is 0.454 e. The maximum atomic E-state index is 12.4. The molecule has 1 amide bonds. The molecule has 9 heteroatoms. The molecule has 4 rings (SSSR count). The van der Waals surface area contributed by atoms with Crippen LogP contribution in [0.2, 0.25) is 0 Å². The number of ether oxygens (including phenoxy) is 1. The third kappa shape index (κ3) is 2.89. The summed E-state index contributed by atoms with van der Waals surface area (Å²) < 4.78 is 6.95. The van der Waals surface area contributed by atoms with E-state index in [9.17, 15) is 9.59 Å². The molecule has 2 aromatic rings. The number of anilines is 2. The van der Waals surface area contributed by atoms with Gasteiger partial charge in [0.25, 0.3) is 0 Å². The van der Waals surface area contributed by atoms with E-state index in [1.807, 2.05) is 13.0 Å². The van der Waals surface area contributed by atoms with E-state index in [2.05, 4.69) is 25.7 Å². The Morgan fingerprint density at radius 3 is 3.15 bits per heavy atom. The van der Waals surface area contributed by atoms with Crippen LogP contribution in [-0.2, 0) is 22.7 Å². The molecule has 1 aromatic heterocycles. The first kappa shape index (κ1) is 16.5. The maximum Gasteiger partial charge on any atom is 0.338 e. The molecule has 26 heavy (non-hydrogen) atoms. The molecular formula is C17H20N6O3. The number of nitrogens with one attached hydrogen (secondary N) is 1. The Kier molecular flexibility index (Phi) is 4.27. The number of aromatic nitrogens is 4. The standard InChI is InChI=1S/C17H20N6O3/c1-2-7-23-15(19-20-21-23)10-26-17(25)11-5-6-13-12(9-11)18-16(24)14-4-3-8-22(13)14/h5-6,9,14H,2-4,7-8,10H2,1H3,(H,18,24)/t14-/m0/s1. The number of amides is 1. The number of esters is 1. The van der Waals surface area contributed by atoms with Gasteiger partial charge in [0.05, 0.1) is 16.9 Å². The van der Waals surface area contributed by atoms with Crippen molar-refractivity contribution in [2.24, 2.45) is 0 Å². The topological polar surface area (TPSA) is 102 Å². The number of hydrogen-bond donors (Lipinski definition) is 1. The van der Waals surface area contributed by atoms with Gasteiger partial charge in [0.2, 0.25) is 5.91 Å². The van der Waals surface area contributed by atoms with E-state index in [0.29, 0.717) is 23.6 Å². The van der Waals surface area contributed by atoms with E-state index in [4.69, 9.17) is 4.74 Å². The molecule has 1 aromatic carbocycles. The number of hydrogen-bond acceptors (Lipinski definition) is 7. The molecule has 9 nitrogen and oxygen atoms in total. The third-order valence-corrected chi connectivity index (χ3v) is 4.73. The lowest BCUT2D eigenvalue weighted by Gasteiger charge is -2.33. The van der Waals surface area contributed by atoms with Crippen LogP contribution in [-0.4, -0.2) is 44.7 Å². The minimum Gasteiger partial charge on any atom is -0.454 e. The quantitative estimate of drug-likeness (QED) is 0.807. The first-order chi connectivity index (χ1) is 12.7. The molecule has 0 bridgehead atoms. The Hall–Kier alpha value is -2.97. The van der Waals surface area contributed by atoms with E-state index in [1.165, 1.54) is 0 Å². The summed E-state index contributed by atoms with van der Waals surface area (Å²) in [5.41, 5.74) is 1.99. The number of nitrogens with zero attached hydrogens (tertiary/aromatic N) is 5. The second kappa shape index (κ2) is 6.74. The lowest BCUT2D eigenvalue weighted by atomic mass is 10.1. The molecule has 1 fully saturated rings. The highest BCUT2D eigenvalue weighted by Gasteiger charge is 2.36. The minimum absolute atomic E-state index is 0.00345. The van der Waals surface area contributed by atoms with Crippen molar-refractivity contribution in [2.45, 2.75) is 45.4 Å². The average molecular weight is 356 g/mol. The average Bonchev–Trinajstić information content (AvgIpc) is 3.29. The van der Waals surface area contributed by atoms with Gasteiger partial charge in [0.15, 0.2) is 12.4 Å². The highest BCUT2D eigenvalue weighted by molar-refractivity contribution is 6.05. The molecule has 3 heterocycles. The first-order valence-electron chi connectivity index (χ1n) is 8.81. The fourth-order valence-corrected chi connectivity index (χ4v) is 3.48. The van der Waals surface area contributed by atoms with E-state index in [-0.39, 0.29) is 18.6 Å². The SMILES string of the molecule is CCCn1nnnc1COC(=O)c1ccc2c(c1)NC(=O)[C@@H]1CCCN21. The van der Waals surface area contributed by atoms with Crippen LogP contribution in [0.3, 0.4) is 0 Å². The predicted molar refractivity (Wildman–Crippen MR) is 92.7 cm³/mol. The van der Waals surface area contributed by atoms with Crippen LogP contribution in [0.5, 0.6) is 0 Å². The molecule has 1 N–H and O–H groups in total. The summed E-state index contributed by atoms with van der Waals surface area (Å²) in [6.45, 7) is 3.55. The molecule has 1 atom stereocenters. The summed E-state index contributed by atoms with van der Waals surface area (Å²) in [5, 5.41) is 14.2. The summed E-state index contributed by atoms with van der Waals surface area (Å²) in [7, 11) is 0. The molecule has 0 saturated carbocycles. The van der Waals surface area contributed by atoms with Crippen LogP contribution >= 0.6 is 0 Å². The summed E-state index contributed by atoms with van der Waals surface area (Å²) in [6.07, 6.45) is 2.74. The zero-order valence-electron chi connectivity index (χ0n) is 14.5. The van der Waals surface area contributed by atoms with Crippen molar-refractivity contribution < 1.29 is 14.3 Å². The van der Waals surface area contributed by atoms with Gasteiger partial charge in [-0.25, -0.2) is 9.48 Å². The second-order valence-corrected chi connectivity index (χ2v) is 6.47. The van der Waals surface area contributed by atoms with Crippen LogP contribution in [0.25, 0.3) is 0 Å². The zero-order valence-corrected chi connectivity index (χ0v) is 14.5. The highest BCUT2D eigenvalue weighted by atomic mass is 16.5. The van der Waals surface area contributed by atoms with Gasteiger partial charge in [-0.05, 0) is 47.9 Å². The van der Waals surface area contributed by atoms with Gasteiger partial charge in [-0.15, -0.1) is 5.10 Å². The van der Waals surface area contributed by atoms with Gasteiger partial charge in [-0.3, -0.25) is 4.79 Å². The Bertz CT molecular complexity index is 849. The van der Waals surface area contributed by atoms with Crippen molar-refractivity contribution in [2.75, 3.05) is 16.8 Å². The number of carbonyl (C=O) groups is 2. The number of carbonyl (C=O) groups excluding carboxylic acids is 2. The normalized spacial score (nSPS) is 18.3. The fraction of sp³-hybridized carbons (Fsp3) is 0.471. The molecule has 0 aliphatic carbocycles. The number of benzene rings is 1. The van der Waals surface area contributed by atoms with Crippen molar-refractivity contribution in [1.82, 2.24) is 20.2 Å². The minimum atomic E-state index is -0.475. The number of rotatable bonds is 5. The maximum absolute atomic E-state index is 12.4. The van der Waals surface area contributed by atoms with Crippen molar-refractivity contribution in [3.8, 4) is 0 Å². The molecule has 1 saturated heterocycles. The molecule has 0 radical (unpaired) electrons. The Morgan fingerprint density at radius 1 is 1.42 bits per heavy atom. The van der Waals surface area contributed by atoms with Crippen molar-refractivity contribution in [3.63, 3.8) is 0 Å². The molecule has 0 spiro atoms. The van der Waals surface area contributed by atoms with Crippen molar-refractivity contribution in [1.29, 1.82) is 0 Å². The molecule has 136 valence electrons. The third-order valence-electron chi connectivity index (χ3n) is 4.73. The smallest absolute Gasteiger partial charge is 0.338 e. The van der Waals surface area contributed by atoms with Gasteiger partial charge in [0, 0.05) is 13.1 Å². The van der Waals surface area contributed by atoms with Crippen LogP contribution < -0.4 is 10.2 Å². The first-order valence-corrected chi connectivity index (χ1v) is 8.81. The summed E-state index contributed by atoms with van der Waals surface area (Å²) >= 11 is 0. The van der Waals surface area contributed by atoms with Gasteiger partial charge in [0.1, 0.15) is 6.04 Å². The Balaban J connectivity index is 1.48. The summed E-state index contributed by atoms with van der Waals surface area (Å²) in [4.78, 5) is 26.7. The molecule has 2 aliphatic rings. The van der Waals surface area contributed by atoms with E-state index in [1.54, 1.807) is 16.8 Å². The van der Waals surface area contributed by atoms with Crippen LogP contribution in [0.1, 0.15) is 42.4 Å². The monoisotopic (exact) mass is 356 g/mol. The van der Waals surface area contributed by atoms with E-state index in [0.717, 1.165) is 31.5 Å². The lowest BCUT2D eigenvalue weighted by molar-refractivity contribution is -0.117. The van der Waals surface area contributed by atoms with Crippen molar-refractivity contribution >= 4 is 23.3 Å². The van der Waals surface area contributed by atoms with E-state index < -0.39 is 5.97 Å². The molecular weight excluding hydrogens is 336 g/mol. The lowest BCUT2D eigenvalue weighted by Crippen LogP contribution is -2.43. The van der Waals surface area contributed by atoms with E-state index >= 15 is 0 Å². The Labute approximate surface area is 150 Å². The second-order valence-electron chi connectivity index (χ2n) is 6.47. The zero-order chi connectivity index (χ0) is 18.1. The molecule has 0 unspecified atom stereocenters. The highest BCUT2D eigenvalue weighted by Crippen LogP contribution is 2.37. The Morgan fingerprint density at radius 2 is 2.31 bits per heavy atom. The van der Waals surface area contributed by atoms with Crippen LogP contribution in [0.15, 0.2) is 18.2 Å². The van der Waals surface area contributed by atoms with Crippen LogP contribution in [0.4, 0.5) is 11.4 Å². The van der Waals surface area contributed by atoms with Crippen molar-refractivity contribution in [3.05, 3.63) is 29.6 Å². The number of tetrazole rings is 1. The summed E-state index contributed by atoms with van der Waals surface area (Å²) in [5.74, 6) is 0.0160. The van der Waals surface area contributed by atoms with Gasteiger partial charge in [-0.1, -0.05) is 6.92 Å². The summed E-state index contributed by atoms with van der Waals surface area (Å²) in [6, 6.07) is 5.16. The van der Waals surface area contributed by atoms with Crippen LogP contribution in [0, 0.1) is 0 Å². The molecule has 2 aliphatic heterocycles. The fourth-order valence-electron chi connectivity index (χ4n) is 3.48. The number of fused-ring (bicyclic) bond motifs is 3. The van der Waals surface area contributed by atoms with Gasteiger partial charge >= 0.3 is 5.97 Å². The van der Waals surface area contributed by atoms with Gasteiger partial charge in [-0.2, -0.15) is 0 Å².